The van der Waals surface area contributed by atoms with Gasteiger partial charge in [0, 0.05) is 13.0 Å². The maximum absolute atomic E-state index is 12.9. The van der Waals surface area contributed by atoms with Crippen molar-refractivity contribution in [2.75, 3.05) is 19.8 Å². The summed E-state index contributed by atoms with van der Waals surface area (Å²) < 4.78 is 22.3. The van der Waals surface area contributed by atoms with Crippen LogP contribution in [0, 0.1) is 0 Å². The number of aliphatic hydroxyl groups excluding tert-OH is 1. The van der Waals surface area contributed by atoms with Gasteiger partial charge >= 0.3 is 7.82 Å². The molecule has 0 aromatic rings. The normalized spacial score (nSPS) is 14.0. The Morgan fingerprint density at radius 2 is 0.902 bits per heavy atom. The summed E-state index contributed by atoms with van der Waals surface area (Å²) in [7, 11) is -4.32. The minimum atomic E-state index is -4.32. The predicted molar refractivity (Wildman–Crippen MR) is 263 cm³/mol. The third-order valence-corrected chi connectivity index (χ3v) is 13.0. The van der Waals surface area contributed by atoms with Crippen molar-refractivity contribution in [2.24, 2.45) is 5.73 Å². The molecule has 9 heteroatoms. The van der Waals surface area contributed by atoms with Gasteiger partial charge in [-0.15, -0.1) is 0 Å². The van der Waals surface area contributed by atoms with Gasteiger partial charge in [0.1, 0.15) is 0 Å². The summed E-state index contributed by atoms with van der Waals surface area (Å²) in [6.07, 6.45) is 57.7. The van der Waals surface area contributed by atoms with Crippen LogP contribution in [0.1, 0.15) is 271 Å². The van der Waals surface area contributed by atoms with E-state index in [9.17, 15) is 19.4 Å². The summed E-state index contributed by atoms with van der Waals surface area (Å²) in [5, 5.41) is 13.9. The van der Waals surface area contributed by atoms with Gasteiger partial charge in [0.15, 0.2) is 0 Å². The van der Waals surface area contributed by atoms with E-state index >= 15 is 0 Å². The first-order valence-electron chi connectivity index (χ1n) is 26.5. The van der Waals surface area contributed by atoms with E-state index in [4.69, 9.17) is 14.8 Å². The van der Waals surface area contributed by atoms with Crippen molar-refractivity contribution >= 4 is 13.7 Å². The van der Waals surface area contributed by atoms with Crippen LogP contribution in [0.4, 0.5) is 0 Å². The van der Waals surface area contributed by atoms with Crippen LogP contribution in [0.5, 0.6) is 0 Å². The molecule has 0 spiro atoms. The molecule has 0 aromatic carbocycles. The zero-order chi connectivity index (χ0) is 44.6. The number of rotatable bonds is 50. The van der Waals surface area contributed by atoms with Crippen LogP contribution < -0.4 is 11.1 Å². The van der Waals surface area contributed by atoms with Crippen LogP contribution in [0.25, 0.3) is 0 Å². The first-order valence-corrected chi connectivity index (χ1v) is 27.9. The van der Waals surface area contributed by atoms with E-state index in [1.54, 1.807) is 0 Å². The maximum Gasteiger partial charge on any atom is 0.472 e. The molecule has 5 N–H and O–H groups in total. The summed E-state index contributed by atoms with van der Waals surface area (Å²) in [4.78, 5) is 22.9. The lowest BCUT2D eigenvalue weighted by molar-refractivity contribution is -0.123. The highest BCUT2D eigenvalue weighted by molar-refractivity contribution is 7.47. The molecule has 0 aliphatic heterocycles. The Balaban J connectivity index is 4.02. The van der Waals surface area contributed by atoms with Crippen LogP contribution in [-0.4, -0.2) is 47.8 Å². The lowest BCUT2D eigenvalue weighted by Gasteiger charge is -2.25. The summed E-state index contributed by atoms with van der Waals surface area (Å²) in [5.74, 6) is -0.160. The molecule has 0 heterocycles. The molecular weight excluding hydrogens is 780 g/mol. The van der Waals surface area contributed by atoms with Gasteiger partial charge < -0.3 is 21.1 Å². The molecule has 0 radical (unpaired) electrons. The van der Waals surface area contributed by atoms with Gasteiger partial charge in [0.05, 0.1) is 25.4 Å². The fraction of sp³-hybridized carbons (Fsp3) is 0.904. The van der Waals surface area contributed by atoms with Crippen molar-refractivity contribution in [2.45, 2.75) is 283 Å². The van der Waals surface area contributed by atoms with Crippen LogP contribution in [0.3, 0.4) is 0 Å². The number of hydrogen-bond acceptors (Lipinski definition) is 6. The average Bonchev–Trinajstić information content (AvgIpc) is 3.25. The number of nitrogens with two attached hydrogens (primary N) is 1. The summed E-state index contributed by atoms with van der Waals surface area (Å²) in [6, 6.07) is -0.775. The fourth-order valence-electron chi connectivity index (χ4n) is 8.05. The highest BCUT2D eigenvalue weighted by Gasteiger charge is 2.27. The number of carbonyl (C=O) groups is 1. The van der Waals surface area contributed by atoms with Gasteiger partial charge in [-0.1, -0.05) is 244 Å². The van der Waals surface area contributed by atoms with E-state index in [0.717, 1.165) is 44.9 Å². The van der Waals surface area contributed by atoms with Crippen molar-refractivity contribution in [3.8, 4) is 0 Å². The van der Waals surface area contributed by atoms with E-state index in [1.807, 2.05) is 0 Å². The molecule has 0 rings (SSSR count). The second kappa shape index (κ2) is 48.4. The Bertz CT molecular complexity index is 1010. The molecule has 0 saturated carbocycles. The molecule has 0 fully saturated rings. The lowest BCUT2D eigenvalue weighted by Crippen LogP contribution is -2.46. The van der Waals surface area contributed by atoms with Gasteiger partial charge in [-0.25, -0.2) is 4.57 Å². The minimum Gasteiger partial charge on any atom is -0.391 e. The number of unbranched alkanes of at least 4 members (excludes halogenated alkanes) is 34. The molecule has 0 aliphatic carbocycles. The number of phosphoric acid groups is 1. The van der Waals surface area contributed by atoms with Crippen molar-refractivity contribution in [1.29, 1.82) is 0 Å². The average molecular weight is 883 g/mol. The van der Waals surface area contributed by atoms with E-state index in [0.29, 0.717) is 12.8 Å². The zero-order valence-corrected chi connectivity index (χ0v) is 41.3. The molecule has 3 atom stereocenters. The summed E-state index contributed by atoms with van der Waals surface area (Å²) in [5.41, 5.74) is 5.40. The number of hydrogen-bond donors (Lipinski definition) is 4. The number of nitrogens with one attached hydrogen (secondary N) is 1. The van der Waals surface area contributed by atoms with Crippen LogP contribution >= 0.6 is 7.82 Å². The van der Waals surface area contributed by atoms with Crippen molar-refractivity contribution in [3.63, 3.8) is 0 Å². The number of carbonyl (C=O) groups excluding carboxylic acids is 1. The number of allylic oxidation sites excluding steroid dienone is 4. The Labute approximate surface area is 378 Å². The smallest absolute Gasteiger partial charge is 0.391 e. The zero-order valence-electron chi connectivity index (χ0n) is 40.4. The number of phosphoric ester groups is 1. The second-order valence-electron chi connectivity index (χ2n) is 18.1. The Kier molecular flexibility index (Phi) is 47.6. The Hall–Kier alpha value is -1.02. The lowest BCUT2D eigenvalue weighted by atomic mass is 10.0. The fourth-order valence-corrected chi connectivity index (χ4v) is 8.81. The van der Waals surface area contributed by atoms with Gasteiger partial charge in [-0.3, -0.25) is 13.8 Å². The molecule has 61 heavy (non-hydrogen) atoms. The summed E-state index contributed by atoms with van der Waals surface area (Å²) >= 11 is 0. The highest BCUT2D eigenvalue weighted by atomic mass is 31.2. The molecule has 362 valence electrons. The third kappa shape index (κ3) is 46.8. The van der Waals surface area contributed by atoms with E-state index in [-0.39, 0.29) is 25.7 Å². The van der Waals surface area contributed by atoms with Crippen LogP contribution in [0.15, 0.2) is 24.3 Å². The summed E-state index contributed by atoms with van der Waals surface area (Å²) in [6.45, 7) is 4.24. The van der Waals surface area contributed by atoms with Crippen molar-refractivity contribution < 1.29 is 28.4 Å². The predicted octanol–water partition coefficient (Wildman–Crippen LogP) is 15.7. The quantitative estimate of drug-likeness (QED) is 0.0272. The monoisotopic (exact) mass is 883 g/mol. The van der Waals surface area contributed by atoms with E-state index < -0.39 is 20.0 Å². The molecule has 8 nitrogen and oxygen atoms in total. The van der Waals surface area contributed by atoms with Crippen LogP contribution in [-0.2, 0) is 18.4 Å². The molecule has 3 unspecified atom stereocenters. The molecule has 0 bridgehead atoms. The largest absolute Gasteiger partial charge is 0.472 e. The number of aliphatic hydroxyl groups is 1. The molecule has 0 saturated heterocycles. The molecule has 0 aliphatic rings. The SMILES string of the molecule is CCCCCCC/C=C\C/C=C\CCCCCCCCCCCCCC(=O)NC(COP(=O)(O)OCCN)C(O)CCCCCCCCCCCCCCCCCCCCC. The Morgan fingerprint density at radius 3 is 1.30 bits per heavy atom. The van der Waals surface area contributed by atoms with Gasteiger partial charge in [0.2, 0.25) is 5.91 Å². The molecule has 0 aromatic heterocycles. The third-order valence-electron chi connectivity index (χ3n) is 12.1. The van der Waals surface area contributed by atoms with Crippen molar-refractivity contribution in [1.82, 2.24) is 5.32 Å². The number of amides is 1. The molecular formula is C52H103N2O6P. The van der Waals surface area contributed by atoms with Gasteiger partial charge in [-0.2, -0.15) is 0 Å². The second-order valence-corrected chi connectivity index (χ2v) is 19.5. The first kappa shape index (κ1) is 60.0. The van der Waals surface area contributed by atoms with E-state index in [2.05, 4.69) is 43.5 Å². The maximum atomic E-state index is 12.9. The van der Waals surface area contributed by atoms with E-state index in [1.165, 1.54) is 199 Å². The topological polar surface area (TPSA) is 131 Å². The first-order chi connectivity index (χ1) is 29.9. The van der Waals surface area contributed by atoms with Crippen molar-refractivity contribution in [3.05, 3.63) is 24.3 Å². The van der Waals surface area contributed by atoms with Gasteiger partial charge in [-0.05, 0) is 44.9 Å². The molecule has 1 amide bonds. The Morgan fingerprint density at radius 1 is 0.541 bits per heavy atom. The van der Waals surface area contributed by atoms with Gasteiger partial charge in [0.25, 0.3) is 0 Å². The van der Waals surface area contributed by atoms with Crippen LogP contribution in [0.2, 0.25) is 0 Å². The minimum absolute atomic E-state index is 0.0897. The standard InChI is InChI=1S/C52H103N2O6P/c1-3-5-7-9-11-13-15-17-19-21-23-24-25-26-28-30-32-34-36-38-40-42-44-46-52(56)54-50(49-60-61(57,58)59-48-47-53)51(55)45-43-41-39-37-35-33-31-29-27-22-20-18-16-14-12-10-8-6-4-2/h15,17,21,23,50-51,55H,3-14,16,18-20,22,24-49,53H2,1-2H3,(H,54,56)(H,57,58)/b17-15-,23-21-. The highest BCUT2D eigenvalue weighted by Crippen LogP contribution is 2.43.